The monoisotopic (exact) mass is 583 g/mol. The highest BCUT2D eigenvalue weighted by Crippen LogP contribution is 2.36. The molecule has 17 nitrogen and oxygen atoms in total. The number of rotatable bonds is 10. The molecule has 2 fully saturated rings. The van der Waals surface area contributed by atoms with Crippen molar-refractivity contribution in [1.82, 2.24) is 24.7 Å². The van der Waals surface area contributed by atoms with E-state index < -0.39 is 64.0 Å². The second kappa shape index (κ2) is 10.8. The first-order valence-corrected chi connectivity index (χ1v) is 12.7. The summed E-state index contributed by atoms with van der Waals surface area (Å²) in [6.07, 6.45) is 1.56. The Hall–Kier alpha value is -4.36. The molecule has 0 spiro atoms. The number of amides is 3. The highest BCUT2D eigenvalue weighted by Gasteiger charge is 2.50. The van der Waals surface area contributed by atoms with E-state index in [4.69, 9.17) is 10.6 Å². The molecule has 8 N–H and O–H groups in total. The molecule has 2 aromatic rings. The molecule has 3 heterocycles. The molecule has 1 aliphatic heterocycles. The number of carbonyl (C=O) groups excluding carboxylic acids is 3. The summed E-state index contributed by atoms with van der Waals surface area (Å²) in [7, 11) is 0. The van der Waals surface area contributed by atoms with Crippen LogP contribution in [0.25, 0.3) is 0 Å². The van der Waals surface area contributed by atoms with Crippen LogP contribution in [-0.4, -0.2) is 87.6 Å². The van der Waals surface area contributed by atoms with E-state index in [0.29, 0.717) is 18.7 Å². The highest BCUT2D eigenvalue weighted by molar-refractivity contribution is 7.92. The average Bonchev–Trinajstić information content (AvgIpc) is 3.28. The molecule has 19 heteroatoms. The van der Waals surface area contributed by atoms with Crippen LogP contribution in [0.5, 0.6) is 5.75 Å². The van der Waals surface area contributed by atoms with Crippen molar-refractivity contribution in [2.75, 3.05) is 12.3 Å². The van der Waals surface area contributed by atoms with Gasteiger partial charge >= 0.3 is 5.97 Å². The number of aromatic hydroxyl groups is 1. The molecule has 0 bridgehead atoms. The van der Waals surface area contributed by atoms with Crippen LogP contribution in [0, 0.1) is 0 Å². The molecule has 0 aromatic carbocycles. The molecule has 39 heavy (non-hydrogen) atoms. The van der Waals surface area contributed by atoms with E-state index in [9.17, 15) is 43.9 Å². The third-order valence-corrected chi connectivity index (χ3v) is 7.40. The summed E-state index contributed by atoms with van der Waals surface area (Å²) in [5.41, 5.74) is 2.12. The first-order chi connectivity index (χ1) is 18.5. The number of nitrogens with two attached hydrogens (primary N) is 1. The van der Waals surface area contributed by atoms with Crippen LogP contribution in [0.3, 0.4) is 0 Å². The van der Waals surface area contributed by atoms with E-state index in [2.05, 4.69) is 20.8 Å². The Kier molecular flexibility index (Phi) is 7.65. The zero-order valence-electron chi connectivity index (χ0n) is 19.6. The molecule has 1 aliphatic carbocycles. The first kappa shape index (κ1) is 27.7. The van der Waals surface area contributed by atoms with Crippen molar-refractivity contribution in [3.05, 3.63) is 39.3 Å². The maximum Gasteiger partial charge on any atom is 0.350 e. The standard InChI is InChI=1S/C20H21N7O10S2/c21-19-23-8(7-38-19)13(25-37-20(18(33)34)2-1-3-20)16(31)24-14-10(27(39-36)17(14)32)5-22-15(30)9-4-11(28)12(29)6-26(9)35/h4,6-7,10,14,29,35-36H,1-3,5H2,(H2,21,23)(H,22,30)(H,24,31)(H,33,34). The maximum absolute atomic E-state index is 13.1. The van der Waals surface area contributed by atoms with Gasteiger partial charge in [-0.05, 0) is 6.42 Å². The lowest BCUT2D eigenvalue weighted by atomic mass is 9.80. The summed E-state index contributed by atoms with van der Waals surface area (Å²) in [6.45, 7) is -0.354. The van der Waals surface area contributed by atoms with Gasteiger partial charge in [0, 0.05) is 30.8 Å². The normalized spacial score (nSPS) is 20.0. The zero-order chi connectivity index (χ0) is 28.5. The molecule has 0 radical (unpaired) electrons. The van der Waals surface area contributed by atoms with Crippen molar-refractivity contribution in [2.24, 2.45) is 5.16 Å². The molecule has 4 rings (SSSR count). The van der Waals surface area contributed by atoms with Crippen LogP contribution in [0.4, 0.5) is 5.13 Å². The fourth-order valence-corrected chi connectivity index (χ4v) is 4.79. The van der Waals surface area contributed by atoms with Crippen molar-refractivity contribution < 1.29 is 44.0 Å². The van der Waals surface area contributed by atoms with Gasteiger partial charge < -0.3 is 41.2 Å². The number of carboxylic acids is 1. The Balaban J connectivity index is 1.50. The topological polar surface area (TPSA) is 259 Å². The molecular weight excluding hydrogens is 562 g/mol. The van der Waals surface area contributed by atoms with Gasteiger partial charge in [-0.2, -0.15) is 4.73 Å². The largest absolute Gasteiger partial charge is 0.503 e. The minimum absolute atomic E-state index is 0.0341. The lowest BCUT2D eigenvalue weighted by Crippen LogP contribution is -2.71. The minimum Gasteiger partial charge on any atom is -0.503 e. The summed E-state index contributed by atoms with van der Waals surface area (Å²) in [5, 5.41) is 38.6. The highest BCUT2D eigenvalue weighted by atomic mass is 32.2. The van der Waals surface area contributed by atoms with Crippen LogP contribution in [0.2, 0.25) is 0 Å². The van der Waals surface area contributed by atoms with E-state index in [0.717, 1.165) is 15.6 Å². The summed E-state index contributed by atoms with van der Waals surface area (Å²) >= 11 is 1.03. The second-order valence-electron chi connectivity index (χ2n) is 8.48. The van der Waals surface area contributed by atoms with Gasteiger partial charge in [-0.1, -0.05) is 5.16 Å². The molecule has 208 valence electrons. The van der Waals surface area contributed by atoms with Gasteiger partial charge in [0.1, 0.15) is 29.7 Å². The number of thiazole rings is 1. The van der Waals surface area contributed by atoms with E-state index >= 15 is 0 Å². The number of pyridine rings is 1. The number of anilines is 1. The van der Waals surface area contributed by atoms with Crippen molar-refractivity contribution in [3.8, 4) is 5.75 Å². The number of aromatic nitrogens is 2. The van der Waals surface area contributed by atoms with Crippen molar-refractivity contribution in [1.29, 1.82) is 0 Å². The lowest BCUT2D eigenvalue weighted by Gasteiger charge is -2.44. The number of carboxylic acid groups (broad SMARTS) is 1. The Morgan fingerprint density at radius 2 is 2.05 bits per heavy atom. The Bertz CT molecular complexity index is 1420. The quantitative estimate of drug-likeness (QED) is 0.0434. The minimum atomic E-state index is -1.60. The lowest BCUT2D eigenvalue weighted by molar-refractivity contribution is -0.178. The molecule has 1 saturated carbocycles. The Morgan fingerprint density at radius 1 is 1.33 bits per heavy atom. The first-order valence-electron chi connectivity index (χ1n) is 11.1. The fraction of sp³-hybridized carbons (Fsp3) is 0.350. The second-order valence-corrected chi connectivity index (χ2v) is 9.93. The SMILES string of the molecule is Nc1nc(C(=NOC2(C(=O)O)CCC2)C(=O)NC2C(=O)N(SO)C2CNC(=O)c2cc(=O)c(O)cn2O)cs1. The van der Waals surface area contributed by atoms with Gasteiger partial charge in [-0.15, -0.1) is 11.3 Å². The zero-order valence-corrected chi connectivity index (χ0v) is 21.3. The van der Waals surface area contributed by atoms with E-state index in [1.54, 1.807) is 0 Å². The van der Waals surface area contributed by atoms with Crippen molar-refractivity contribution in [2.45, 2.75) is 36.9 Å². The number of carbonyl (C=O) groups is 4. The van der Waals surface area contributed by atoms with Gasteiger partial charge in [-0.25, -0.2) is 9.78 Å². The van der Waals surface area contributed by atoms with Gasteiger partial charge in [-0.3, -0.25) is 23.5 Å². The summed E-state index contributed by atoms with van der Waals surface area (Å²) < 4.78 is 10.6. The van der Waals surface area contributed by atoms with Crippen LogP contribution >= 0.6 is 23.6 Å². The third-order valence-electron chi connectivity index (χ3n) is 6.10. The van der Waals surface area contributed by atoms with Gasteiger partial charge in [0.15, 0.2) is 16.6 Å². The number of oxime groups is 1. The summed E-state index contributed by atoms with van der Waals surface area (Å²) in [5.74, 6) is -4.72. The van der Waals surface area contributed by atoms with E-state index in [-0.39, 0.29) is 47.2 Å². The predicted molar refractivity (Wildman–Crippen MR) is 133 cm³/mol. The van der Waals surface area contributed by atoms with Crippen LogP contribution in [0.15, 0.2) is 27.6 Å². The van der Waals surface area contributed by atoms with Gasteiger partial charge in [0.25, 0.3) is 17.7 Å². The number of nitrogen functional groups attached to an aromatic ring is 1. The molecular formula is C20H21N7O10S2. The summed E-state index contributed by atoms with van der Waals surface area (Å²) in [4.78, 5) is 70.6. The van der Waals surface area contributed by atoms with Crippen LogP contribution in [0.1, 0.15) is 35.4 Å². The Morgan fingerprint density at radius 3 is 2.62 bits per heavy atom. The molecule has 2 aromatic heterocycles. The predicted octanol–water partition coefficient (Wildman–Crippen LogP) is -1.20. The molecule has 1 saturated heterocycles. The third kappa shape index (κ3) is 5.31. The maximum atomic E-state index is 13.1. The Labute approximate surface area is 226 Å². The molecule has 2 atom stereocenters. The van der Waals surface area contributed by atoms with Crippen LogP contribution in [-0.2, 0) is 19.2 Å². The van der Waals surface area contributed by atoms with Crippen molar-refractivity contribution >= 4 is 58.1 Å². The molecule has 3 amide bonds. The number of nitrogens with zero attached hydrogens (tertiary/aromatic N) is 4. The fourth-order valence-electron chi connectivity index (χ4n) is 3.73. The number of hydrogen-bond acceptors (Lipinski definition) is 14. The number of aliphatic carboxylic acids is 1. The van der Waals surface area contributed by atoms with Gasteiger partial charge in [0.05, 0.1) is 12.2 Å². The number of nitrogens with one attached hydrogen (secondary N) is 2. The molecule has 2 unspecified atom stereocenters. The average molecular weight is 584 g/mol. The van der Waals surface area contributed by atoms with Crippen molar-refractivity contribution in [3.63, 3.8) is 0 Å². The number of β-lactam (4-membered cyclic amide) rings is 1. The van der Waals surface area contributed by atoms with Crippen LogP contribution < -0.4 is 21.8 Å². The smallest absolute Gasteiger partial charge is 0.350 e. The van der Waals surface area contributed by atoms with E-state index in [1.807, 2.05) is 0 Å². The van der Waals surface area contributed by atoms with E-state index in [1.165, 1.54) is 5.38 Å². The molecule has 2 aliphatic rings. The summed E-state index contributed by atoms with van der Waals surface area (Å²) in [6, 6.07) is -1.61. The number of hydrogen-bond donors (Lipinski definition) is 7. The van der Waals surface area contributed by atoms with Gasteiger partial charge in [0.2, 0.25) is 11.0 Å².